The first-order chi connectivity index (χ1) is 12.6. The quantitative estimate of drug-likeness (QED) is 0.708. The van der Waals surface area contributed by atoms with Crippen molar-refractivity contribution in [2.45, 2.75) is 45.4 Å². The van der Waals surface area contributed by atoms with Crippen LogP contribution in [-0.4, -0.2) is 61.0 Å². The molecule has 0 aromatic heterocycles. The van der Waals surface area contributed by atoms with Gasteiger partial charge >= 0.3 is 0 Å². The largest absolute Gasteiger partial charge is 0.381 e. The van der Waals surface area contributed by atoms with Crippen LogP contribution < -0.4 is 0 Å². The van der Waals surface area contributed by atoms with Crippen LogP contribution in [0.15, 0.2) is 12.2 Å². The molecule has 0 aromatic carbocycles. The Labute approximate surface area is 156 Å². The topological polar surface area (TPSA) is 49.9 Å². The molecule has 144 valence electrons. The number of likely N-dealkylation sites (tertiary alicyclic amines) is 2. The molecule has 5 nitrogen and oxygen atoms in total. The average Bonchev–Trinajstić information content (AvgIpc) is 3.16. The summed E-state index contributed by atoms with van der Waals surface area (Å²) in [6.07, 6.45) is 10.7. The van der Waals surface area contributed by atoms with Crippen molar-refractivity contribution in [3.8, 4) is 0 Å². The van der Waals surface area contributed by atoms with Gasteiger partial charge in [0, 0.05) is 51.5 Å². The Morgan fingerprint density at radius 1 is 1.08 bits per heavy atom. The van der Waals surface area contributed by atoms with Gasteiger partial charge in [0.05, 0.1) is 6.61 Å². The van der Waals surface area contributed by atoms with Crippen LogP contribution in [-0.2, 0) is 14.3 Å². The van der Waals surface area contributed by atoms with Crippen molar-refractivity contribution in [2.24, 2.45) is 23.2 Å². The fourth-order valence-corrected chi connectivity index (χ4v) is 4.98. The number of hydrogen-bond acceptors (Lipinski definition) is 3. The Bertz CT molecular complexity index is 568. The van der Waals surface area contributed by atoms with Crippen molar-refractivity contribution < 1.29 is 14.3 Å². The van der Waals surface area contributed by atoms with E-state index in [1.165, 1.54) is 12.8 Å². The highest BCUT2D eigenvalue weighted by molar-refractivity contribution is 5.79. The highest BCUT2D eigenvalue weighted by Crippen LogP contribution is 2.45. The van der Waals surface area contributed by atoms with Gasteiger partial charge in [0.2, 0.25) is 11.8 Å². The number of carbonyl (C=O) groups excluding carboxylic acids is 2. The molecule has 0 bridgehead atoms. The summed E-state index contributed by atoms with van der Waals surface area (Å²) in [5.74, 6) is 1.85. The Kier molecular flexibility index (Phi) is 5.09. The number of hydrogen-bond donors (Lipinski definition) is 0. The minimum absolute atomic E-state index is 0.139. The fourth-order valence-electron chi connectivity index (χ4n) is 4.98. The lowest BCUT2D eigenvalue weighted by Gasteiger charge is -2.43. The first kappa shape index (κ1) is 18.0. The molecule has 5 heteroatoms. The predicted molar refractivity (Wildman–Crippen MR) is 99.4 cm³/mol. The molecule has 2 aliphatic carbocycles. The Morgan fingerprint density at radius 2 is 1.77 bits per heavy atom. The molecular weight excluding hydrogens is 328 g/mol. The average molecular weight is 360 g/mol. The van der Waals surface area contributed by atoms with Crippen LogP contribution in [0.3, 0.4) is 0 Å². The van der Waals surface area contributed by atoms with Gasteiger partial charge in [-0.1, -0.05) is 12.2 Å². The van der Waals surface area contributed by atoms with E-state index in [-0.39, 0.29) is 17.2 Å². The van der Waals surface area contributed by atoms with E-state index in [4.69, 9.17) is 4.74 Å². The number of nitrogens with zero attached hydrogens (tertiary/aromatic N) is 2. The van der Waals surface area contributed by atoms with E-state index in [0.29, 0.717) is 11.8 Å². The minimum atomic E-state index is 0.139. The molecule has 1 spiro atoms. The van der Waals surface area contributed by atoms with E-state index < -0.39 is 0 Å². The van der Waals surface area contributed by atoms with Crippen LogP contribution in [0.5, 0.6) is 0 Å². The molecule has 4 aliphatic rings. The maximum absolute atomic E-state index is 12.7. The summed E-state index contributed by atoms with van der Waals surface area (Å²) in [6, 6.07) is 0. The third-order valence-corrected chi connectivity index (χ3v) is 7.06. The van der Waals surface area contributed by atoms with E-state index >= 15 is 0 Å². The normalized spacial score (nSPS) is 28.3. The zero-order valence-corrected chi connectivity index (χ0v) is 16.0. The molecular formula is C21H32N2O3. The van der Waals surface area contributed by atoms with E-state index in [0.717, 1.165) is 71.0 Å². The van der Waals surface area contributed by atoms with E-state index in [2.05, 4.69) is 17.1 Å². The minimum Gasteiger partial charge on any atom is -0.381 e. The van der Waals surface area contributed by atoms with Crippen LogP contribution in [0.4, 0.5) is 0 Å². The second-order valence-electron chi connectivity index (χ2n) is 8.90. The summed E-state index contributed by atoms with van der Waals surface area (Å²) in [7, 11) is 0. The number of carbonyl (C=O) groups is 2. The Balaban J connectivity index is 1.36. The molecule has 1 atom stereocenters. The Morgan fingerprint density at radius 3 is 2.38 bits per heavy atom. The van der Waals surface area contributed by atoms with Gasteiger partial charge in [-0.25, -0.2) is 0 Å². The summed E-state index contributed by atoms with van der Waals surface area (Å²) < 4.78 is 6.03. The van der Waals surface area contributed by atoms with E-state index in [1.54, 1.807) is 6.92 Å². The van der Waals surface area contributed by atoms with Gasteiger partial charge < -0.3 is 14.5 Å². The van der Waals surface area contributed by atoms with Gasteiger partial charge in [-0.3, -0.25) is 9.59 Å². The van der Waals surface area contributed by atoms with Gasteiger partial charge in [-0.2, -0.15) is 0 Å². The maximum atomic E-state index is 12.7. The maximum Gasteiger partial charge on any atom is 0.226 e. The lowest BCUT2D eigenvalue weighted by Crippen LogP contribution is -2.48. The zero-order chi connectivity index (χ0) is 18.1. The third kappa shape index (κ3) is 3.68. The monoisotopic (exact) mass is 360 g/mol. The van der Waals surface area contributed by atoms with Crippen LogP contribution in [0, 0.1) is 23.2 Å². The molecule has 2 heterocycles. The lowest BCUT2D eigenvalue weighted by molar-refractivity contribution is -0.138. The van der Waals surface area contributed by atoms with Crippen molar-refractivity contribution in [2.75, 3.05) is 39.4 Å². The van der Waals surface area contributed by atoms with Gasteiger partial charge in [-0.15, -0.1) is 0 Å². The van der Waals surface area contributed by atoms with Crippen molar-refractivity contribution in [3.05, 3.63) is 12.2 Å². The predicted octanol–water partition coefficient (Wildman–Crippen LogP) is 2.47. The summed E-state index contributed by atoms with van der Waals surface area (Å²) >= 11 is 0. The zero-order valence-electron chi connectivity index (χ0n) is 16.0. The molecule has 2 amide bonds. The molecule has 1 unspecified atom stereocenters. The van der Waals surface area contributed by atoms with E-state index in [1.807, 2.05) is 4.90 Å². The summed E-state index contributed by atoms with van der Waals surface area (Å²) in [5.41, 5.74) is 0.139. The van der Waals surface area contributed by atoms with Crippen LogP contribution in [0.2, 0.25) is 0 Å². The highest BCUT2D eigenvalue weighted by atomic mass is 16.5. The number of amides is 2. The molecule has 0 radical (unpaired) electrons. The molecule has 1 saturated carbocycles. The highest BCUT2D eigenvalue weighted by Gasteiger charge is 2.49. The smallest absolute Gasteiger partial charge is 0.226 e. The first-order valence-corrected chi connectivity index (χ1v) is 10.3. The van der Waals surface area contributed by atoms with Crippen LogP contribution in [0.1, 0.15) is 45.4 Å². The van der Waals surface area contributed by atoms with Crippen molar-refractivity contribution >= 4 is 11.8 Å². The first-order valence-electron chi connectivity index (χ1n) is 10.3. The van der Waals surface area contributed by atoms with Gasteiger partial charge in [0.15, 0.2) is 0 Å². The number of allylic oxidation sites excluding steroid dienone is 2. The fraction of sp³-hybridized carbons (Fsp3) is 0.810. The number of rotatable bonds is 5. The van der Waals surface area contributed by atoms with Gasteiger partial charge in [0.25, 0.3) is 0 Å². The van der Waals surface area contributed by atoms with Crippen molar-refractivity contribution in [1.82, 2.24) is 9.80 Å². The summed E-state index contributed by atoms with van der Waals surface area (Å²) in [6.45, 7) is 6.65. The second kappa shape index (κ2) is 7.34. The van der Waals surface area contributed by atoms with Crippen LogP contribution >= 0.6 is 0 Å². The lowest BCUT2D eigenvalue weighted by atomic mass is 9.71. The molecule has 0 aromatic rings. The standard InChI is InChI=1S/C21H32N2O3/c1-16(24)23-12-19(14-26-13-17-6-7-17)21(15-23)8-10-22(11-9-21)20(25)18-4-2-3-5-18/h2-3,17-19H,4-15H2,1H3. The molecule has 2 saturated heterocycles. The SMILES string of the molecule is CC(=O)N1CC(COCC2CC2)C2(CCN(C(=O)C3CC=CC3)CC2)C1. The molecule has 3 fully saturated rings. The molecule has 0 N–H and O–H groups in total. The molecule has 2 aliphatic heterocycles. The van der Waals surface area contributed by atoms with Crippen LogP contribution in [0.25, 0.3) is 0 Å². The van der Waals surface area contributed by atoms with Gasteiger partial charge in [-0.05, 0) is 49.9 Å². The van der Waals surface area contributed by atoms with Crippen molar-refractivity contribution in [1.29, 1.82) is 0 Å². The molecule has 26 heavy (non-hydrogen) atoms. The van der Waals surface area contributed by atoms with Crippen molar-refractivity contribution in [3.63, 3.8) is 0 Å². The Hall–Kier alpha value is -1.36. The van der Waals surface area contributed by atoms with E-state index in [9.17, 15) is 9.59 Å². The van der Waals surface area contributed by atoms with Gasteiger partial charge in [0.1, 0.15) is 0 Å². The summed E-state index contributed by atoms with van der Waals surface area (Å²) in [5, 5.41) is 0. The third-order valence-electron chi connectivity index (χ3n) is 7.06. The second-order valence-corrected chi connectivity index (χ2v) is 8.90. The number of piperidine rings is 1. The summed E-state index contributed by atoms with van der Waals surface area (Å²) in [4.78, 5) is 28.8. The number of ether oxygens (including phenoxy) is 1. The molecule has 4 rings (SSSR count).